The third kappa shape index (κ3) is 3.74. The lowest BCUT2D eigenvalue weighted by atomic mass is 10.1. The molecule has 0 bridgehead atoms. The first-order valence-corrected chi connectivity index (χ1v) is 7.07. The Balaban J connectivity index is 2.17. The quantitative estimate of drug-likeness (QED) is 0.911. The van der Waals surface area contributed by atoms with E-state index in [1.165, 1.54) is 5.56 Å². The fourth-order valence-corrected chi connectivity index (χ4v) is 2.30. The summed E-state index contributed by atoms with van der Waals surface area (Å²) in [5.41, 5.74) is 3.44. The first kappa shape index (κ1) is 14.4. The average molecular weight is 263 g/mol. The molecule has 0 amide bonds. The van der Waals surface area contributed by atoms with Crippen molar-refractivity contribution in [1.82, 2.24) is 15.3 Å². The van der Waals surface area contributed by atoms with E-state index in [-0.39, 0.29) is 11.6 Å². The second-order valence-corrected chi connectivity index (χ2v) is 6.34. The Morgan fingerprint density at radius 3 is 2.32 bits per heavy atom. The van der Waals surface area contributed by atoms with E-state index in [0.717, 1.165) is 43.2 Å². The molecule has 4 heteroatoms. The summed E-state index contributed by atoms with van der Waals surface area (Å²) in [6.45, 7) is 12.3. The Hall–Kier alpha value is -1.00. The Labute approximate surface area is 116 Å². The number of ether oxygens (including phenoxy) is 1. The zero-order chi connectivity index (χ0) is 14.0. The van der Waals surface area contributed by atoms with E-state index in [4.69, 9.17) is 4.74 Å². The van der Waals surface area contributed by atoms with Crippen molar-refractivity contribution in [2.75, 3.05) is 6.61 Å². The standard InChI is InChI=1S/C15H25N3O/c1-10-12(9-16-15(3,4)5)11(2)18-14(17-10)13-7-6-8-19-13/h13,16H,6-9H2,1-5H3. The summed E-state index contributed by atoms with van der Waals surface area (Å²) in [6, 6.07) is 0. The number of hydrogen-bond donors (Lipinski definition) is 1. The fraction of sp³-hybridized carbons (Fsp3) is 0.733. The fourth-order valence-electron chi connectivity index (χ4n) is 2.30. The smallest absolute Gasteiger partial charge is 0.157 e. The zero-order valence-corrected chi connectivity index (χ0v) is 12.7. The molecule has 1 saturated heterocycles. The molecule has 0 spiro atoms. The van der Waals surface area contributed by atoms with Gasteiger partial charge in [-0.15, -0.1) is 0 Å². The number of hydrogen-bond acceptors (Lipinski definition) is 4. The van der Waals surface area contributed by atoms with Gasteiger partial charge in [0, 0.05) is 35.6 Å². The lowest BCUT2D eigenvalue weighted by molar-refractivity contribution is 0.104. The molecule has 0 aliphatic carbocycles. The van der Waals surface area contributed by atoms with Crippen molar-refractivity contribution in [1.29, 1.82) is 0 Å². The highest BCUT2D eigenvalue weighted by Gasteiger charge is 2.22. The second-order valence-electron chi connectivity index (χ2n) is 6.34. The highest BCUT2D eigenvalue weighted by molar-refractivity contribution is 5.25. The van der Waals surface area contributed by atoms with Crippen LogP contribution in [0.4, 0.5) is 0 Å². The van der Waals surface area contributed by atoms with Gasteiger partial charge in [0.1, 0.15) is 6.10 Å². The molecule has 19 heavy (non-hydrogen) atoms. The normalized spacial score (nSPS) is 19.9. The van der Waals surface area contributed by atoms with Gasteiger partial charge in [-0.2, -0.15) is 0 Å². The van der Waals surface area contributed by atoms with E-state index in [1.54, 1.807) is 0 Å². The van der Waals surface area contributed by atoms with Crippen LogP contribution >= 0.6 is 0 Å². The summed E-state index contributed by atoms with van der Waals surface area (Å²) in [6.07, 6.45) is 2.25. The van der Waals surface area contributed by atoms with Crippen LogP contribution in [0.2, 0.25) is 0 Å². The molecule has 0 radical (unpaired) electrons. The summed E-state index contributed by atoms with van der Waals surface area (Å²) >= 11 is 0. The molecule has 2 rings (SSSR count). The van der Waals surface area contributed by atoms with E-state index in [1.807, 2.05) is 0 Å². The van der Waals surface area contributed by atoms with Crippen LogP contribution in [0.1, 0.15) is 62.5 Å². The van der Waals surface area contributed by atoms with Gasteiger partial charge in [-0.25, -0.2) is 9.97 Å². The summed E-state index contributed by atoms with van der Waals surface area (Å²) in [5.74, 6) is 0.854. The lowest BCUT2D eigenvalue weighted by Crippen LogP contribution is -2.35. The molecule has 1 aliphatic heterocycles. The Morgan fingerprint density at radius 2 is 1.84 bits per heavy atom. The number of aryl methyl sites for hydroxylation is 2. The van der Waals surface area contributed by atoms with Crippen molar-refractivity contribution in [3.63, 3.8) is 0 Å². The van der Waals surface area contributed by atoms with Crippen LogP contribution in [0, 0.1) is 13.8 Å². The summed E-state index contributed by atoms with van der Waals surface area (Å²) in [4.78, 5) is 9.28. The monoisotopic (exact) mass is 263 g/mol. The van der Waals surface area contributed by atoms with E-state index in [0.29, 0.717) is 0 Å². The first-order valence-electron chi connectivity index (χ1n) is 7.07. The number of nitrogens with one attached hydrogen (secondary N) is 1. The van der Waals surface area contributed by atoms with Gasteiger partial charge in [0.15, 0.2) is 5.82 Å². The second kappa shape index (κ2) is 5.55. The van der Waals surface area contributed by atoms with Crippen molar-refractivity contribution < 1.29 is 4.74 Å². The molecule has 0 aromatic carbocycles. The minimum atomic E-state index is 0.0991. The molecule has 2 heterocycles. The molecule has 106 valence electrons. The average Bonchev–Trinajstić information content (AvgIpc) is 2.79. The number of nitrogens with zero attached hydrogens (tertiary/aromatic N) is 2. The maximum atomic E-state index is 5.66. The van der Waals surface area contributed by atoms with E-state index < -0.39 is 0 Å². The molecule has 4 nitrogen and oxygen atoms in total. The minimum Gasteiger partial charge on any atom is -0.370 e. The highest BCUT2D eigenvalue weighted by Crippen LogP contribution is 2.27. The predicted octanol–water partition coefficient (Wildman–Crippen LogP) is 2.83. The van der Waals surface area contributed by atoms with Crippen molar-refractivity contribution >= 4 is 0 Å². The lowest BCUT2D eigenvalue weighted by Gasteiger charge is -2.22. The third-order valence-electron chi connectivity index (χ3n) is 3.45. The molecule has 1 unspecified atom stereocenters. The van der Waals surface area contributed by atoms with Crippen LogP contribution in [0.15, 0.2) is 0 Å². The van der Waals surface area contributed by atoms with Gasteiger partial charge >= 0.3 is 0 Å². The summed E-state index contributed by atoms with van der Waals surface area (Å²) in [7, 11) is 0. The van der Waals surface area contributed by atoms with Crippen LogP contribution in [-0.2, 0) is 11.3 Å². The Bertz CT molecular complexity index is 422. The topological polar surface area (TPSA) is 47.0 Å². The maximum Gasteiger partial charge on any atom is 0.157 e. The molecule has 1 aliphatic rings. The summed E-state index contributed by atoms with van der Waals surface area (Å²) < 4.78 is 5.66. The minimum absolute atomic E-state index is 0.0991. The molecule has 1 atom stereocenters. The van der Waals surface area contributed by atoms with Gasteiger partial charge in [-0.05, 0) is 47.5 Å². The van der Waals surface area contributed by atoms with Crippen LogP contribution in [0.3, 0.4) is 0 Å². The van der Waals surface area contributed by atoms with E-state index >= 15 is 0 Å². The SMILES string of the molecule is Cc1nc(C2CCCO2)nc(C)c1CNC(C)(C)C. The van der Waals surface area contributed by atoms with Crippen LogP contribution in [0.25, 0.3) is 0 Å². The van der Waals surface area contributed by atoms with E-state index in [9.17, 15) is 0 Å². The Morgan fingerprint density at radius 1 is 1.21 bits per heavy atom. The molecule has 0 saturated carbocycles. The van der Waals surface area contributed by atoms with Gasteiger partial charge in [0.2, 0.25) is 0 Å². The molecular weight excluding hydrogens is 238 g/mol. The van der Waals surface area contributed by atoms with Gasteiger partial charge in [0.05, 0.1) is 0 Å². The largest absolute Gasteiger partial charge is 0.370 e. The third-order valence-corrected chi connectivity index (χ3v) is 3.45. The van der Waals surface area contributed by atoms with Crippen molar-refractivity contribution in [2.45, 2.75) is 65.6 Å². The molecule has 1 aromatic rings. The Kier molecular flexibility index (Phi) is 4.21. The van der Waals surface area contributed by atoms with Crippen LogP contribution in [0.5, 0.6) is 0 Å². The van der Waals surface area contributed by atoms with Crippen molar-refractivity contribution in [3.05, 3.63) is 22.8 Å². The number of aromatic nitrogens is 2. The molecular formula is C15H25N3O. The van der Waals surface area contributed by atoms with Gasteiger partial charge in [-0.1, -0.05) is 0 Å². The van der Waals surface area contributed by atoms with Crippen molar-refractivity contribution in [3.8, 4) is 0 Å². The van der Waals surface area contributed by atoms with Gasteiger partial charge in [-0.3, -0.25) is 0 Å². The molecule has 1 aromatic heterocycles. The molecule has 1 fully saturated rings. The van der Waals surface area contributed by atoms with Crippen molar-refractivity contribution in [2.24, 2.45) is 0 Å². The van der Waals surface area contributed by atoms with Crippen LogP contribution < -0.4 is 5.32 Å². The maximum absolute atomic E-state index is 5.66. The summed E-state index contributed by atoms with van der Waals surface area (Å²) in [5, 5.41) is 3.50. The van der Waals surface area contributed by atoms with Gasteiger partial charge in [0.25, 0.3) is 0 Å². The number of rotatable bonds is 3. The predicted molar refractivity (Wildman–Crippen MR) is 76.0 cm³/mol. The highest BCUT2D eigenvalue weighted by atomic mass is 16.5. The van der Waals surface area contributed by atoms with Crippen LogP contribution in [-0.4, -0.2) is 22.1 Å². The van der Waals surface area contributed by atoms with Gasteiger partial charge < -0.3 is 10.1 Å². The van der Waals surface area contributed by atoms with E-state index in [2.05, 4.69) is 49.9 Å². The molecule has 1 N–H and O–H groups in total. The first-order chi connectivity index (χ1) is 8.87. The zero-order valence-electron chi connectivity index (χ0n) is 12.7.